The lowest BCUT2D eigenvalue weighted by Crippen LogP contribution is -2.40. The topological polar surface area (TPSA) is 49.3 Å². The second-order valence-electron chi connectivity index (χ2n) is 4.89. The van der Waals surface area contributed by atoms with E-state index in [-0.39, 0.29) is 18.3 Å². The zero-order chi connectivity index (χ0) is 13.8. The lowest BCUT2D eigenvalue weighted by molar-refractivity contribution is 0.0469. The first-order valence-electron chi connectivity index (χ1n) is 6.12. The average Bonchev–Trinajstić information content (AvgIpc) is 2.30. The highest BCUT2D eigenvalue weighted by atomic mass is 19.1. The van der Waals surface area contributed by atoms with Gasteiger partial charge in [-0.05, 0) is 44.0 Å². The molecule has 0 radical (unpaired) electrons. The number of rotatable bonds is 5. The van der Waals surface area contributed by atoms with E-state index < -0.39 is 5.60 Å². The molecule has 0 heterocycles. The van der Waals surface area contributed by atoms with Gasteiger partial charge in [-0.25, -0.2) is 4.39 Å². The Morgan fingerprint density at radius 1 is 1.50 bits per heavy atom. The highest BCUT2D eigenvalue weighted by molar-refractivity contribution is 5.94. The Balaban J connectivity index is 2.63. The van der Waals surface area contributed by atoms with Gasteiger partial charge in [-0.15, -0.1) is 0 Å². The van der Waals surface area contributed by atoms with E-state index in [2.05, 4.69) is 5.32 Å². The molecule has 0 saturated carbocycles. The number of aryl methyl sites for hydroxylation is 1. The minimum Gasteiger partial charge on any atom is -0.388 e. The van der Waals surface area contributed by atoms with E-state index in [4.69, 9.17) is 0 Å². The van der Waals surface area contributed by atoms with E-state index in [0.717, 1.165) is 6.42 Å². The van der Waals surface area contributed by atoms with Crippen molar-refractivity contribution >= 4 is 5.91 Å². The number of carbonyl (C=O) groups is 1. The first-order chi connectivity index (χ1) is 8.35. The van der Waals surface area contributed by atoms with Crippen LogP contribution in [0.15, 0.2) is 18.2 Å². The molecule has 2 N–H and O–H groups in total. The predicted molar refractivity (Wildman–Crippen MR) is 69.0 cm³/mol. The molecule has 0 aliphatic heterocycles. The number of carbonyl (C=O) groups excluding carboxylic acids is 1. The maximum absolute atomic E-state index is 13.1. The summed E-state index contributed by atoms with van der Waals surface area (Å²) in [5.41, 5.74) is -0.0661. The summed E-state index contributed by atoms with van der Waals surface area (Å²) in [4.78, 5) is 11.8. The molecule has 1 unspecified atom stereocenters. The minimum atomic E-state index is -0.903. The quantitative estimate of drug-likeness (QED) is 0.846. The lowest BCUT2D eigenvalue weighted by atomic mass is 10.0. The molecule has 0 bridgehead atoms. The van der Waals surface area contributed by atoms with Gasteiger partial charge in [0, 0.05) is 12.1 Å². The van der Waals surface area contributed by atoms with Crippen LogP contribution in [0.4, 0.5) is 4.39 Å². The zero-order valence-electron chi connectivity index (χ0n) is 11.1. The Morgan fingerprint density at radius 2 is 2.17 bits per heavy atom. The van der Waals surface area contributed by atoms with Gasteiger partial charge in [0.05, 0.1) is 5.60 Å². The van der Waals surface area contributed by atoms with Crippen LogP contribution in [0.3, 0.4) is 0 Å². The van der Waals surface area contributed by atoms with E-state index in [1.807, 2.05) is 6.92 Å². The van der Waals surface area contributed by atoms with Crippen LogP contribution in [0.1, 0.15) is 42.6 Å². The van der Waals surface area contributed by atoms with Crippen molar-refractivity contribution in [3.05, 3.63) is 35.1 Å². The Bertz CT molecular complexity index is 430. The highest BCUT2D eigenvalue weighted by Gasteiger charge is 2.20. The Labute approximate surface area is 107 Å². The largest absolute Gasteiger partial charge is 0.388 e. The van der Waals surface area contributed by atoms with E-state index in [1.54, 1.807) is 13.8 Å². The number of amides is 1. The number of hydrogen-bond donors (Lipinski definition) is 2. The van der Waals surface area contributed by atoms with Gasteiger partial charge in [-0.2, -0.15) is 0 Å². The SMILES string of the molecule is CCCC(C)(O)CNC(=O)c1ccc(F)c(C)c1. The molecule has 0 aliphatic rings. The normalized spacial score (nSPS) is 14.1. The standard InChI is InChI=1S/C14H20FNO2/c1-4-7-14(3,18)9-16-13(17)11-5-6-12(15)10(2)8-11/h5-6,8,18H,4,7,9H2,1-3H3,(H,16,17). The van der Waals surface area contributed by atoms with Crippen molar-refractivity contribution in [1.29, 1.82) is 0 Å². The summed E-state index contributed by atoms with van der Waals surface area (Å²) in [5, 5.41) is 12.6. The molecule has 100 valence electrons. The predicted octanol–water partition coefficient (Wildman–Crippen LogP) is 2.42. The van der Waals surface area contributed by atoms with Crippen molar-refractivity contribution in [3.63, 3.8) is 0 Å². The third-order valence-electron chi connectivity index (χ3n) is 2.84. The molecule has 4 heteroatoms. The summed E-state index contributed by atoms with van der Waals surface area (Å²) in [6.07, 6.45) is 1.47. The van der Waals surface area contributed by atoms with Crippen LogP contribution in [0.2, 0.25) is 0 Å². The lowest BCUT2D eigenvalue weighted by Gasteiger charge is -2.22. The summed E-state index contributed by atoms with van der Waals surface area (Å²) >= 11 is 0. The third-order valence-corrected chi connectivity index (χ3v) is 2.84. The van der Waals surface area contributed by atoms with Crippen molar-refractivity contribution in [3.8, 4) is 0 Å². The zero-order valence-corrected chi connectivity index (χ0v) is 11.1. The fraction of sp³-hybridized carbons (Fsp3) is 0.500. The van der Waals surface area contributed by atoms with Crippen LogP contribution in [0.5, 0.6) is 0 Å². The summed E-state index contributed by atoms with van der Waals surface area (Å²) in [7, 11) is 0. The smallest absolute Gasteiger partial charge is 0.251 e. The summed E-state index contributed by atoms with van der Waals surface area (Å²) in [5.74, 6) is -0.626. The number of halogens is 1. The van der Waals surface area contributed by atoms with Gasteiger partial charge in [-0.1, -0.05) is 13.3 Å². The number of hydrogen-bond acceptors (Lipinski definition) is 2. The average molecular weight is 253 g/mol. The van der Waals surface area contributed by atoms with E-state index >= 15 is 0 Å². The van der Waals surface area contributed by atoms with Crippen molar-refractivity contribution < 1.29 is 14.3 Å². The fourth-order valence-corrected chi connectivity index (χ4v) is 1.79. The van der Waals surface area contributed by atoms with Gasteiger partial charge in [0.2, 0.25) is 0 Å². The summed E-state index contributed by atoms with van der Waals surface area (Å²) in [6, 6.07) is 4.21. The van der Waals surface area contributed by atoms with Crippen LogP contribution >= 0.6 is 0 Å². The Morgan fingerprint density at radius 3 is 2.72 bits per heavy atom. The fourth-order valence-electron chi connectivity index (χ4n) is 1.79. The molecule has 1 rings (SSSR count). The van der Waals surface area contributed by atoms with Crippen molar-refractivity contribution in [1.82, 2.24) is 5.32 Å². The first-order valence-corrected chi connectivity index (χ1v) is 6.12. The highest BCUT2D eigenvalue weighted by Crippen LogP contribution is 2.12. The molecular weight excluding hydrogens is 233 g/mol. The van der Waals surface area contributed by atoms with Gasteiger partial charge in [0.25, 0.3) is 5.91 Å². The van der Waals surface area contributed by atoms with Crippen LogP contribution in [0, 0.1) is 12.7 Å². The van der Waals surface area contributed by atoms with Crippen LogP contribution in [-0.2, 0) is 0 Å². The third kappa shape index (κ3) is 4.11. The Kier molecular flexibility index (Phi) is 4.84. The van der Waals surface area contributed by atoms with Crippen LogP contribution in [0.25, 0.3) is 0 Å². The molecular formula is C14H20FNO2. The molecule has 1 aromatic carbocycles. The second kappa shape index (κ2) is 5.96. The van der Waals surface area contributed by atoms with Gasteiger partial charge >= 0.3 is 0 Å². The van der Waals surface area contributed by atoms with Gasteiger partial charge in [-0.3, -0.25) is 4.79 Å². The molecule has 0 fully saturated rings. The monoisotopic (exact) mass is 253 g/mol. The van der Waals surface area contributed by atoms with Gasteiger partial charge in [0.15, 0.2) is 0 Å². The summed E-state index contributed by atoms with van der Waals surface area (Å²) < 4.78 is 13.1. The Hall–Kier alpha value is -1.42. The molecule has 1 amide bonds. The molecule has 0 aromatic heterocycles. The van der Waals surface area contributed by atoms with E-state index in [9.17, 15) is 14.3 Å². The van der Waals surface area contributed by atoms with Crippen LogP contribution < -0.4 is 5.32 Å². The molecule has 0 saturated heterocycles. The van der Waals surface area contributed by atoms with Gasteiger partial charge < -0.3 is 10.4 Å². The van der Waals surface area contributed by atoms with E-state index in [1.165, 1.54) is 18.2 Å². The molecule has 18 heavy (non-hydrogen) atoms. The number of aliphatic hydroxyl groups is 1. The molecule has 3 nitrogen and oxygen atoms in total. The van der Waals surface area contributed by atoms with Crippen LogP contribution in [-0.4, -0.2) is 23.2 Å². The van der Waals surface area contributed by atoms with Crippen molar-refractivity contribution in [2.45, 2.75) is 39.2 Å². The van der Waals surface area contributed by atoms with Crippen molar-refractivity contribution in [2.75, 3.05) is 6.54 Å². The minimum absolute atomic E-state index is 0.191. The maximum Gasteiger partial charge on any atom is 0.251 e. The first kappa shape index (κ1) is 14.6. The van der Waals surface area contributed by atoms with E-state index in [0.29, 0.717) is 17.5 Å². The number of nitrogens with one attached hydrogen (secondary N) is 1. The molecule has 1 aromatic rings. The maximum atomic E-state index is 13.1. The summed E-state index contributed by atoms with van der Waals surface area (Å²) in [6.45, 7) is 5.46. The molecule has 0 spiro atoms. The molecule has 1 atom stereocenters. The van der Waals surface area contributed by atoms with Crippen molar-refractivity contribution in [2.24, 2.45) is 0 Å². The second-order valence-corrected chi connectivity index (χ2v) is 4.89. The number of benzene rings is 1. The van der Waals surface area contributed by atoms with Gasteiger partial charge in [0.1, 0.15) is 5.82 Å². The molecule has 0 aliphatic carbocycles.